The number of carbonyl (C=O) groups excluding carboxylic acids is 1. The third kappa shape index (κ3) is 2.12. The lowest BCUT2D eigenvalue weighted by Crippen LogP contribution is -2.31. The molecule has 0 aliphatic heterocycles. The number of hydrogen-bond acceptors (Lipinski definition) is 3. The van der Waals surface area contributed by atoms with Crippen molar-refractivity contribution in [2.75, 3.05) is 5.32 Å². The Hall–Kier alpha value is -2.32. The topological polar surface area (TPSA) is 90.6 Å². The average molecular weight is 246 g/mol. The largest absolute Gasteiger partial charge is 0.471 e. The molecule has 0 fully saturated rings. The van der Waals surface area contributed by atoms with Gasteiger partial charge in [0.1, 0.15) is 5.82 Å². The van der Waals surface area contributed by atoms with E-state index >= 15 is 0 Å². The fourth-order valence-corrected chi connectivity index (χ4v) is 1.22. The van der Waals surface area contributed by atoms with E-state index in [1.807, 2.05) is 0 Å². The Balaban J connectivity index is 2.37. The van der Waals surface area contributed by atoms with Crippen LogP contribution < -0.4 is 10.9 Å². The van der Waals surface area contributed by atoms with E-state index in [-0.39, 0.29) is 16.9 Å². The van der Waals surface area contributed by atoms with Gasteiger partial charge in [0, 0.05) is 6.07 Å². The molecule has 2 aromatic rings. The van der Waals surface area contributed by atoms with E-state index < -0.39 is 17.6 Å². The van der Waals surface area contributed by atoms with Crippen molar-refractivity contribution in [2.24, 2.45) is 0 Å². The Kier molecular flexibility index (Phi) is 2.37. The first kappa shape index (κ1) is 11.2. The predicted molar refractivity (Wildman–Crippen MR) is 51.4 cm³/mol. The molecular weight excluding hydrogens is 241 g/mol. The minimum absolute atomic E-state index is 0.0509. The molecule has 2 aromatic heterocycles. The predicted octanol–water partition coefficient (Wildman–Crippen LogP) is 0.752. The van der Waals surface area contributed by atoms with Crippen LogP contribution in [0.3, 0.4) is 0 Å². The number of aromatic amines is 2. The molecule has 0 atom stereocenters. The molecule has 0 saturated carbocycles. The van der Waals surface area contributed by atoms with Crippen molar-refractivity contribution in [1.29, 1.82) is 0 Å². The maximum atomic E-state index is 12.0. The monoisotopic (exact) mass is 246 g/mol. The summed E-state index contributed by atoms with van der Waals surface area (Å²) in [6, 6.07) is 1.15. The number of alkyl halides is 3. The highest BCUT2D eigenvalue weighted by Gasteiger charge is 2.38. The molecule has 0 aliphatic rings. The number of anilines is 1. The Morgan fingerprint density at radius 2 is 2.12 bits per heavy atom. The van der Waals surface area contributed by atoms with Crippen LogP contribution in [0.25, 0.3) is 11.0 Å². The van der Waals surface area contributed by atoms with Crippen LogP contribution >= 0.6 is 0 Å². The first-order valence-corrected chi connectivity index (χ1v) is 4.32. The molecule has 0 aliphatic carbocycles. The van der Waals surface area contributed by atoms with E-state index in [0.29, 0.717) is 0 Å². The maximum absolute atomic E-state index is 12.0. The summed E-state index contributed by atoms with van der Waals surface area (Å²) in [5.74, 6) is -2.51. The summed E-state index contributed by atoms with van der Waals surface area (Å²) in [5.41, 5.74) is -0.414. The Morgan fingerprint density at radius 1 is 1.41 bits per heavy atom. The quantitative estimate of drug-likeness (QED) is 0.693. The second-order valence-corrected chi connectivity index (χ2v) is 3.13. The molecule has 0 unspecified atom stereocenters. The number of rotatable bonds is 1. The average Bonchev–Trinajstić information content (AvgIpc) is 2.64. The van der Waals surface area contributed by atoms with Crippen molar-refractivity contribution >= 4 is 22.8 Å². The van der Waals surface area contributed by atoms with Crippen molar-refractivity contribution in [3.8, 4) is 0 Å². The second-order valence-electron chi connectivity index (χ2n) is 3.13. The highest BCUT2D eigenvalue weighted by atomic mass is 19.4. The zero-order valence-corrected chi connectivity index (χ0v) is 8.05. The molecule has 2 heterocycles. The number of nitrogens with zero attached hydrogens (tertiary/aromatic N) is 1. The molecule has 0 saturated heterocycles. The van der Waals surface area contributed by atoms with E-state index in [4.69, 9.17) is 0 Å². The summed E-state index contributed by atoms with van der Waals surface area (Å²) >= 11 is 0. The maximum Gasteiger partial charge on any atom is 0.471 e. The lowest BCUT2D eigenvalue weighted by Gasteiger charge is -2.07. The molecule has 0 spiro atoms. The number of aromatic nitrogens is 3. The van der Waals surface area contributed by atoms with Gasteiger partial charge in [-0.2, -0.15) is 13.2 Å². The van der Waals surface area contributed by atoms with Gasteiger partial charge in [0.15, 0.2) is 5.52 Å². The number of imidazole rings is 1. The number of fused-ring (bicyclic) bond motifs is 1. The summed E-state index contributed by atoms with van der Waals surface area (Å²) in [7, 11) is 0. The molecule has 0 radical (unpaired) electrons. The van der Waals surface area contributed by atoms with Gasteiger partial charge < -0.3 is 15.3 Å². The SMILES string of the molecule is O=C(Nc1cc2[nH]cnc2c(=O)[nH]1)C(F)(F)F. The van der Waals surface area contributed by atoms with Crippen LogP contribution in [0, 0.1) is 0 Å². The fourth-order valence-electron chi connectivity index (χ4n) is 1.22. The summed E-state index contributed by atoms with van der Waals surface area (Å²) in [6.45, 7) is 0. The van der Waals surface area contributed by atoms with E-state index in [1.165, 1.54) is 11.6 Å². The summed E-state index contributed by atoms with van der Waals surface area (Å²) < 4.78 is 35.9. The van der Waals surface area contributed by atoms with Gasteiger partial charge in [0.25, 0.3) is 5.56 Å². The van der Waals surface area contributed by atoms with Gasteiger partial charge in [-0.25, -0.2) is 4.98 Å². The van der Waals surface area contributed by atoms with Crippen LogP contribution in [0.15, 0.2) is 17.2 Å². The number of hydrogen-bond donors (Lipinski definition) is 3. The molecule has 1 amide bonds. The number of pyridine rings is 1. The second kappa shape index (κ2) is 3.61. The smallest absolute Gasteiger partial charge is 0.344 e. The van der Waals surface area contributed by atoms with Crippen molar-refractivity contribution in [3.05, 3.63) is 22.7 Å². The first-order valence-electron chi connectivity index (χ1n) is 4.32. The Morgan fingerprint density at radius 3 is 2.76 bits per heavy atom. The number of carbonyl (C=O) groups is 1. The third-order valence-electron chi connectivity index (χ3n) is 1.93. The van der Waals surface area contributed by atoms with Crippen molar-refractivity contribution in [2.45, 2.75) is 6.18 Å². The summed E-state index contributed by atoms with van der Waals surface area (Å²) in [5, 5.41) is 1.54. The lowest BCUT2D eigenvalue weighted by molar-refractivity contribution is -0.167. The highest BCUT2D eigenvalue weighted by molar-refractivity contribution is 5.95. The van der Waals surface area contributed by atoms with Crippen molar-refractivity contribution in [3.63, 3.8) is 0 Å². The van der Waals surface area contributed by atoms with Crippen LogP contribution in [-0.4, -0.2) is 27.0 Å². The van der Waals surface area contributed by atoms with E-state index in [0.717, 1.165) is 6.07 Å². The zero-order chi connectivity index (χ0) is 12.6. The Labute approximate surface area is 90.9 Å². The first-order chi connectivity index (χ1) is 7.88. The molecule has 3 N–H and O–H groups in total. The molecular formula is C8H5F3N4O2. The van der Waals surface area contributed by atoms with Gasteiger partial charge in [-0.15, -0.1) is 0 Å². The standard InChI is InChI=1S/C8H5F3N4O2/c9-8(10,11)7(17)15-4-1-3-5(6(16)14-4)13-2-12-3/h1-2H,(H,12,13)(H2,14,15,16,17). The van der Waals surface area contributed by atoms with Crippen molar-refractivity contribution < 1.29 is 18.0 Å². The molecule has 0 bridgehead atoms. The number of H-pyrrole nitrogens is 2. The van der Waals surface area contributed by atoms with E-state index in [1.54, 1.807) is 0 Å². The third-order valence-corrected chi connectivity index (χ3v) is 1.93. The summed E-state index contributed by atoms with van der Waals surface area (Å²) in [4.78, 5) is 30.2. The van der Waals surface area contributed by atoms with Crippen LogP contribution in [0.1, 0.15) is 0 Å². The van der Waals surface area contributed by atoms with Crippen LogP contribution in [-0.2, 0) is 4.79 Å². The zero-order valence-electron chi connectivity index (χ0n) is 8.05. The van der Waals surface area contributed by atoms with Crippen molar-refractivity contribution in [1.82, 2.24) is 15.0 Å². The van der Waals surface area contributed by atoms with Crippen LogP contribution in [0.5, 0.6) is 0 Å². The molecule has 90 valence electrons. The molecule has 6 nitrogen and oxygen atoms in total. The van der Waals surface area contributed by atoms with Gasteiger partial charge in [0.05, 0.1) is 11.8 Å². The van der Waals surface area contributed by atoms with Gasteiger partial charge in [-0.05, 0) is 0 Å². The van der Waals surface area contributed by atoms with Gasteiger partial charge in [0.2, 0.25) is 0 Å². The highest BCUT2D eigenvalue weighted by Crippen LogP contribution is 2.17. The molecule has 17 heavy (non-hydrogen) atoms. The molecule has 9 heteroatoms. The lowest BCUT2D eigenvalue weighted by atomic mass is 10.4. The molecule has 2 rings (SSSR count). The van der Waals surface area contributed by atoms with Gasteiger partial charge in [-0.1, -0.05) is 0 Å². The molecule has 0 aromatic carbocycles. The number of halogens is 3. The number of amides is 1. The van der Waals surface area contributed by atoms with Crippen LogP contribution in [0.4, 0.5) is 19.0 Å². The van der Waals surface area contributed by atoms with Gasteiger partial charge >= 0.3 is 12.1 Å². The van der Waals surface area contributed by atoms with Crippen LogP contribution in [0.2, 0.25) is 0 Å². The minimum Gasteiger partial charge on any atom is -0.344 e. The Bertz CT molecular complexity index is 627. The number of nitrogens with one attached hydrogen (secondary N) is 3. The van der Waals surface area contributed by atoms with E-state index in [9.17, 15) is 22.8 Å². The van der Waals surface area contributed by atoms with E-state index in [2.05, 4.69) is 15.0 Å². The normalized spacial score (nSPS) is 11.7. The minimum atomic E-state index is -5.01. The summed E-state index contributed by atoms with van der Waals surface area (Å²) in [6.07, 6.45) is -3.80. The fraction of sp³-hybridized carbons (Fsp3) is 0.125. The van der Waals surface area contributed by atoms with Gasteiger partial charge in [-0.3, -0.25) is 9.59 Å².